The minimum absolute atomic E-state index is 0.424. The Morgan fingerprint density at radius 2 is 1.16 bits per heavy atom. The molecule has 0 aliphatic heterocycles. The van der Waals surface area contributed by atoms with Crippen LogP contribution in [0.1, 0.15) is 104 Å². The molecule has 0 aromatic rings. The second kappa shape index (κ2) is 14.6. The van der Waals surface area contributed by atoms with Gasteiger partial charge in [-0.2, -0.15) is 0 Å². The third-order valence-electron chi connectivity index (χ3n) is 8.75. The van der Waals surface area contributed by atoms with Crippen LogP contribution in [0, 0.1) is 41.4 Å². The molecule has 0 aromatic heterocycles. The average molecular weight is 447 g/mol. The summed E-state index contributed by atoms with van der Waals surface area (Å²) in [6.45, 7) is 6.87. The lowest BCUT2D eigenvalue weighted by Gasteiger charge is -2.36. The second-order valence-electron chi connectivity index (χ2n) is 10.8. The Bertz CT molecular complexity index is 536. The summed E-state index contributed by atoms with van der Waals surface area (Å²) in [5.41, 5.74) is 0. The summed E-state index contributed by atoms with van der Waals surface area (Å²) in [6.07, 6.45) is 18.9. The van der Waals surface area contributed by atoms with Gasteiger partial charge in [-0.1, -0.05) is 38.5 Å². The maximum Gasteiger partial charge on any atom is 0.0704 e. The van der Waals surface area contributed by atoms with Crippen molar-refractivity contribution in [2.24, 2.45) is 29.6 Å². The quantitative estimate of drug-likeness (QED) is 0.266. The largest absolute Gasteiger partial charge is 0.381 e. The van der Waals surface area contributed by atoms with Crippen LogP contribution in [0.4, 0.5) is 0 Å². The van der Waals surface area contributed by atoms with Gasteiger partial charge in [0.05, 0.1) is 25.4 Å². The highest BCUT2D eigenvalue weighted by molar-refractivity contribution is 5.09. The van der Waals surface area contributed by atoms with E-state index in [0.717, 1.165) is 31.7 Å². The molecule has 3 nitrogen and oxygen atoms in total. The molecule has 0 bridgehead atoms. The van der Waals surface area contributed by atoms with E-state index in [2.05, 4.69) is 25.7 Å². The van der Waals surface area contributed by atoms with Gasteiger partial charge >= 0.3 is 0 Å². The van der Waals surface area contributed by atoms with E-state index in [4.69, 9.17) is 14.2 Å². The topological polar surface area (TPSA) is 27.7 Å². The zero-order chi connectivity index (χ0) is 22.6. The summed E-state index contributed by atoms with van der Waals surface area (Å²) in [5, 5.41) is 0. The van der Waals surface area contributed by atoms with Gasteiger partial charge in [0.15, 0.2) is 0 Å². The molecule has 0 N–H and O–H groups in total. The molecular weight excluding hydrogens is 396 g/mol. The highest BCUT2D eigenvalue weighted by Crippen LogP contribution is 2.40. The smallest absolute Gasteiger partial charge is 0.0704 e. The van der Waals surface area contributed by atoms with E-state index in [1.807, 2.05) is 7.11 Å². The molecule has 3 aliphatic carbocycles. The predicted octanol–water partition coefficient (Wildman–Crippen LogP) is 7.03. The van der Waals surface area contributed by atoms with E-state index in [9.17, 15) is 0 Å². The minimum Gasteiger partial charge on any atom is -0.381 e. The first-order valence-corrected chi connectivity index (χ1v) is 13.9. The lowest BCUT2D eigenvalue weighted by Crippen LogP contribution is -2.28. The van der Waals surface area contributed by atoms with Gasteiger partial charge in [-0.15, -0.1) is 0 Å². The summed E-state index contributed by atoms with van der Waals surface area (Å²) < 4.78 is 17.4. The maximum absolute atomic E-state index is 6.08. The van der Waals surface area contributed by atoms with Crippen LogP contribution in [0.2, 0.25) is 0 Å². The molecule has 3 aliphatic rings. The molecule has 0 spiro atoms. The highest BCUT2D eigenvalue weighted by Gasteiger charge is 2.30. The molecule has 0 unspecified atom stereocenters. The van der Waals surface area contributed by atoms with E-state index < -0.39 is 0 Å². The molecule has 0 heterocycles. The van der Waals surface area contributed by atoms with Crippen LogP contribution in [-0.2, 0) is 14.2 Å². The van der Waals surface area contributed by atoms with Crippen LogP contribution in [-0.4, -0.2) is 39.1 Å². The van der Waals surface area contributed by atoms with Crippen LogP contribution in [0.3, 0.4) is 0 Å². The van der Waals surface area contributed by atoms with Crippen LogP contribution >= 0.6 is 0 Å². The molecule has 0 saturated heterocycles. The maximum atomic E-state index is 6.08. The van der Waals surface area contributed by atoms with Crippen LogP contribution in [0.5, 0.6) is 0 Å². The summed E-state index contributed by atoms with van der Waals surface area (Å²) in [6, 6.07) is 0. The van der Waals surface area contributed by atoms with Crippen molar-refractivity contribution in [3.63, 3.8) is 0 Å². The van der Waals surface area contributed by atoms with Gasteiger partial charge in [-0.05, 0) is 94.8 Å². The number of hydrogen-bond acceptors (Lipinski definition) is 3. The van der Waals surface area contributed by atoms with Crippen molar-refractivity contribution in [3.05, 3.63) is 0 Å². The Morgan fingerprint density at radius 3 is 1.69 bits per heavy atom. The molecule has 3 saturated carbocycles. The molecule has 3 rings (SSSR count). The van der Waals surface area contributed by atoms with Gasteiger partial charge in [0.25, 0.3) is 0 Å². The first-order valence-electron chi connectivity index (χ1n) is 13.9. The van der Waals surface area contributed by atoms with E-state index in [-0.39, 0.29) is 0 Å². The number of ether oxygens (including phenoxy) is 3. The number of rotatable bonds is 10. The van der Waals surface area contributed by atoms with Crippen LogP contribution in [0.25, 0.3) is 0 Å². The fourth-order valence-corrected chi connectivity index (χ4v) is 6.19. The van der Waals surface area contributed by atoms with Crippen molar-refractivity contribution in [1.82, 2.24) is 0 Å². The van der Waals surface area contributed by atoms with Crippen molar-refractivity contribution in [1.29, 1.82) is 0 Å². The third-order valence-corrected chi connectivity index (χ3v) is 8.75. The molecule has 0 aromatic carbocycles. The normalized spacial score (nSPS) is 33.6. The van der Waals surface area contributed by atoms with Gasteiger partial charge < -0.3 is 14.2 Å². The first-order chi connectivity index (χ1) is 15.7. The highest BCUT2D eigenvalue weighted by atomic mass is 16.5. The molecule has 0 amide bonds. The lowest BCUT2D eigenvalue weighted by molar-refractivity contribution is -0.0195. The average Bonchev–Trinajstić information content (AvgIpc) is 2.86. The zero-order valence-corrected chi connectivity index (χ0v) is 21.3. The Balaban J connectivity index is 1.25. The number of methoxy groups -OCH3 is 1. The molecule has 0 radical (unpaired) electrons. The lowest BCUT2D eigenvalue weighted by atomic mass is 9.70. The standard InChI is InChI=1S/C29H50O3/c1-4-23(5-2)22-31-20-21-32-29-16-10-25(11-17-29)7-6-24-8-12-26(13-9-24)27-14-18-28(30-3)19-15-27/h23-29H,4-5,8-22H2,1-3H3. The zero-order valence-electron chi connectivity index (χ0n) is 21.3. The van der Waals surface area contributed by atoms with Crippen LogP contribution in [0.15, 0.2) is 0 Å². The van der Waals surface area contributed by atoms with Crippen molar-refractivity contribution in [2.45, 2.75) is 116 Å². The third kappa shape index (κ3) is 8.66. The summed E-state index contributed by atoms with van der Waals surface area (Å²) in [5.74, 6) is 11.2. The summed E-state index contributed by atoms with van der Waals surface area (Å²) in [7, 11) is 1.88. The summed E-state index contributed by atoms with van der Waals surface area (Å²) >= 11 is 0. The first kappa shape index (κ1) is 26.1. The van der Waals surface area contributed by atoms with Gasteiger partial charge in [0.1, 0.15) is 0 Å². The number of hydrogen-bond donors (Lipinski definition) is 0. The van der Waals surface area contributed by atoms with E-state index in [1.165, 1.54) is 89.9 Å². The predicted molar refractivity (Wildman–Crippen MR) is 133 cm³/mol. The summed E-state index contributed by atoms with van der Waals surface area (Å²) in [4.78, 5) is 0. The van der Waals surface area contributed by atoms with Crippen molar-refractivity contribution < 1.29 is 14.2 Å². The second-order valence-corrected chi connectivity index (χ2v) is 10.8. The van der Waals surface area contributed by atoms with Crippen molar-refractivity contribution in [2.75, 3.05) is 26.9 Å². The van der Waals surface area contributed by atoms with Crippen LogP contribution < -0.4 is 0 Å². The SMILES string of the molecule is CCC(CC)COCCOC1CCC(C#CC2CCC(C3CCC(OC)CC3)CC2)CC1. The Labute approximate surface area is 198 Å². The van der Waals surface area contributed by atoms with Gasteiger partial charge in [0, 0.05) is 25.6 Å². The van der Waals surface area contributed by atoms with Gasteiger partial charge in [-0.3, -0.25) is 0 Å². The Morgan fingerprint density at radius 1 is 0.656 bits per heavy atom. The van der Waals surface area contributed by atoms with E-state index in [1.54, 1.807) is 0 Å². The minimum atomic E-state index is 0.424. The molecular formula is C29H50O3. The molecule has 32 heavy (non-hydrogen) atoms. The van der Waals surface area contributed by atoms with Crippen molar-refractivity contribution >= 4 is 0 Å². The van der Waals surface area contributed by atoms with Crippen molar-refractivity contribution in [3.8, 4) is 11.8 Å². The molecule has 3 fully saturated rings. The van der Waals surface area contributed by atoms with Gasteiger partial charge in [0.2, 0.25) is 0 Å². The fourth-order valence-electron chi connectivity index (χ4n) is 6.19. The molecule has 3 heteroatoms. The van der Waals surface area contributed by atoms with E-state index in [0.29, 0.717) is 30.0 Å². The monoisotopic (exact) mass is 446 g/mol. The Hall–Kier alpha value is -0.560. The fraction of sp³-hybridized carbons (Fsp3) is 0.931. The van der Waals surface area contributed by atoms with Gasteiger partial charge in [-0.25, -0.2) is 0 Å². The molecule has 0 atom stereocenters. The Kier molecular flexibility index (Phi) is 11.9. The molecule has 184 valence electrons. The van der Waals surface area contributed by atoms with E-state index >= 15 is 0 Å².